The highest BCUT2D eigenvalue weighted by atomic mass is 19.1. The average molecular weight is 373 g/mol. The molecule has 1 aliphatic heterocycles. The Labute approximate surface area is 160 Å². The molecule has 1 aliphatic rings. The largest absolute Gasteiger partial charge is 0.374 e. The third kappa shape index (κ3) is 5.40. The van der Waals surface area contributed by atoms with Gasteiger partial charge in [-0.1, -0.05) is 12.1 Å². The predicted molar refractivity (Wildman–Crippen MR) is 103 cm³/mol. The molecule has 0 unspecified atom stereocenters. The summed E-state index contributed by atoms with van der Waals surface area (Å²) < 4.78 is 19.0. The number of nitrogens with one attached hydrogen (secondary N) is 1. The van der Waals surface area contributed by atoms with Crippen LogP contribution in [-0.4, -0.2) is 60.1 Å². The minimum absolute atomic E-state index is 0.00117. The number of ether oxygens (including phenoxy) is 1. The maximum Gasteiger partial charge on any atom is 0.227 e. The quantitative estimate of drug-likeness (QED) is 0.847. The van der Waals surface area contributed by atoms with E-state index in [1.54, 1.807) is 12.1 Å². The summed E-state index contributed by atoms with van der Waals surface area (Å²) >= 11 is 0. The van der Waals surface area contributed by atoms with Gasteiger partial charge in [0.25, 0.3) is 0 Å². The van der Waals surface area contributed by atoms with E-state index in [0.29, 0.717) is 19.7 Å². The number of carbonyl (C=O) groups excluding carboxylic acids is 1. The van der Waals surface area contributed by atoms with Crippen LogP contribution in [0.4, 0.5) is 4.39 Å². The number of hydrogen-bond donors (Lipinski definition) is 1. The Morgan fingerprint density at radius 3 is 2.70 bits per heavy atom. The Kier molecular flexibility index (Phi) is 6.29. The van der Waals surface area contributed by atoms with Crippen molar-refractivity contribution in [1.82, 2.24) is 14.8 Å². The molecular formula is C21H28FN3O2. The Bertz CT molecular complexity index is 772. The van der Waals surface area contributed by atoms with E-state index in [-0.39, 0.29) is 24.2 Å². The summed E-state index contributed by atoms with van der Waals surface area (Å²) in [5.74, 6) is -0.267. The molecule has 1 N–H and O–H groups in total. The molecule has 2 aromatic rings. The van der Waals surface area contributed by atoms with Crippen molar-refractivity contribution in [1.29, 1.82) is 0 Å². The van der Waals surface area contributed by atoms with Crippen molar-refractivity contribution in [2.24, 2.45) is 0 Å². The predicted octanol–water partition coefficient (Wildman–Crippen LogP) is 2.67. The fraction of sp³-hybridized carbons (Fsp3) is 0.476. The SMILES string of the molecule is Cc1cc(CN(C[C@H]2CN(C)CCO2)C(=O)Cc2ccc(F)cc2)c(C)[nH]1. The molecule has 146 valence electrons. The zero-order valence-corrected chi connectivity index (χ0v) is 16.3. The molecule has 1 atom stereocenters. The summed E-state index contributed by atoms with van der Waals surface area (Å²) in [5, 5.41) is 0. The summed E-state index contributed by atoms with van der Waals surface area (Å²) in [7, 11) is 2.07. The Hall–Kier alpha value is -2.18. The van der Waals surface area contributed by atoms with Gasteiger partial charge < -0.3 is 19.5 Å². The van der Waals surface area contributed by atoms with Crippen molar-refractivity contribution < 1.29 is 13.9 Å². The van der Waals surface area contributed by atoms with Crippen molar-refractivity contribution in [3.8, 4) is 0 Å². The van der Waals surface area contributed by atoms with Crippen molar-refractivity contribution in [3.05, 3.63) is 58.7 Å². The minimum Gasteiger partial charge on any atom is -0.374 e. The molecule has 0 aliphatic carbocycles. The number of rotatable bonds is 6. The molecule has 5 nitrogen and oxygen atoms in total. The molecule has 3 rings (SSSR count). The van der Waals surface area contributed by atoms with Gasteiger partial charge in [0.1, 0.15) is 5.82 Å². The number of nitrogens with zero attached hydrogens (tertiary/aromatic N) is 2. The molecule has 1 aromatic carbocycles. The number of likely N-dealkylation sites (N-methyl/N-ethyl adjacent to an activating group) is 1. The molecule has 27 heavy (non-hydrogen) atoms. The van der Waals surface area contributed by atoms with E-state index in [4.69, 9.17) is 4.74 Å². The van der Waals surface area contributed by atoms with Gasteiger partial charge in [0, 0.05) is 37.6 Å². The molecule has 2 heterocycles. The van der Waals surface area contributed by atoms with Gasteiger partial charge in [0.15, 0.2) is 0 Å². The lowest BCUT2D eigenvalue weighted by atomic mass is 10.1. The van der Waals surface area contributed by atoms with Crippen LogP contribution in [0.2, 0.25) is 0 Å². The summed E-state index contributed by atoms with van der Waals surface area (Å²) in [5.41, 5.74) is 4.09. The zero-order chi connectivity index (χ0) is 19.4. The minimum atomic E-state index is -0.292. The van der Waals surface area contributed by atoms with Crippen LogP contribution in [0.15, 0.2) is 30.3 Å². The van der Waals surface area contributed by atoms with Gasteiger partial charge in [0.2, 0.25) is 5.91 Å². The lowest BCUT2D eigenvalue weighted by Gasteiger charge is -2.34. The number of aryl methyl sites for hydroxylation is 2. The molecule has 0 spiro atoms. The van der Waals surface area contributed by atoms with Crippen molar-refractivity contribution >= 4 is 5.91 Å². The van der Waals surface area contributed by atoms with Crippen LogP contribution in [0.1, 0.15) is 22.5 Å². The second-order valence-electron chi connectivity index (χ2n) is 7.44. The van der Waals surface area contributed by atoms with E-state index in [1.807, 2.05) is 18.7 Å². The Balaban J connectivity index is 1.74. The number of carbonyl (C=O) groups is 1. The first-order chi connectivity index (χ1) is 12.9. The van der Waals surface area contributed by atoms with Crippen molar-refractivity contribution in [2.45, 2.75) is 32.9 Å². The number of H-pyrrole nitrogens is 1. The van der Waals surface area contributed by atoms with Crippen LogP contribution in [-0.2, 0) is 22.5 Å². The van der Waals surface area contributed by atoms with Crippen LogP contribution in [0.25, 0.3) is 0 Å². The highest BCUT2D eigenvalue weighted by Crippen LogP contribution is 2.16. The van der Waals surface area contributed by atoms with Crippen LogP contribution in [0.5, 0.6) is 0 Å². The van der Waals surface area contributed by atoms with Crippen LogP contribution in [0, 0.1) is 19.7 Å². The molecule has 1 aromatic heterocycles. The lowest BCUT2D eigenvalue weighted by molar-refractivity contribution is -0.134. The van der Waals surface area contributed by atoms with Gasteiger partial charge in [-0.2, -0.15) is 0 Å². The lowest BCUT2D eigenvalue weighted by Crippen LogP contribution is -2.47. The standard InChI is InChI=1S/C21H28FN3O2/c1-15-10-18(16(2)23-15)12-25(14-20-13-24(3)8-9-27-20)21(26)11-17-4-6-19(22)7-5-17/h4-7,10,20,23H,8-9,11-14H2,1-3H3/t20-/m1/s1. The second kappa shape index (κ2) is 8.67. The topological polar surface area (TPSA) is 48.6 Å². The van der Waals surface area contributed by atoms with Crippen LogP contribution < -0.4 is 0 Å². The number of hydrogen-bond acceptors (Lipinski definition) is 3. The highest BCUT2D eigenvalue weighted by Gasteiger charge is 2.24. The van der Waals surface area contributed by atoms with Crippen molar-refractivity contribution in [3.63, 3.8) is 0 Å². The van der Waals surface area contributed by atoms with E-state index in [2.05, 4.69) is 23.0 Å². The van der Waals surface area contributed by atoms with E-state index >= 15 is 0 Å². The normalized spacial score (nSPS) is 17.9. The van der Waals surface area contributed by atoms with Crippen LogP contribution in [0.3, 0.4) is 0 Å². The third-order valence-electron chi connectivity index (χ3n) is 5.01. The fourth-order valence-electron chi connectivity index (χ4n) is 3.52. The van der Waals surface area contributed by atoms with Gasteiger partial charge in [0.05, 0.1) is 19.1 Å². The molecule has 6 heteroatoms. The number of amides is 1. The second-order valence-corrected chi connectivity index (χ2v) is 7.44. The smallest absolute Gasteiger partial charge is 0.227 e. The number of aromatic nitrogens is 1. The maximum absolute atomic E-state index is 13.1. The molecule has 0 bridgehead atoms. The molecule has 1 amide bonds. The van der Waals surface area contributed by atoms with Gasteiger partial charge in [-0.15, -0.1) is 0 Å². The van der Waals surface area contributed by atoms with Gasteiger partial charge in [-0.3, -0.25) is 4.79 Å². The first-order valence-electron chi connectivity index (χ1n) is 9.38. The van der Waals surface area contributed by atoms with Crippen LogP contribution >= 0.6 is 0 Å². The Morgan fingerprint density at radius 2 is 2.07 bits per heavy atom. The summed E-state index contributed by atoms with van der Waals surface area (Å²) in [4.78, 5) is 20.4. The van der Waals surface area contributed by atoms with Crippen molar-refractivity contribution in [2.75, 3.05) is 33.3 Å². The molecule has 1 fully saturated rings. The summed E-state index contributed by atoms with van der Waals surface area (Å²) in [6.45, 7) is 7.54. The first-order valence-corrected chi connectivity index (χ1v) is 9.38. The zero-order valence-electron chi connectivity index (χ0n) is 16.3. The highest BCUT2D eigenvalue weighted by molar-refractivity contribution is 5.78. The molecular weight excluding hydrogens is 345 g/mol. The van der Waals surface area contributed by atoms with Gasteiger partial charge >= 0.3 is 0 Å². The number of aromatic amines is 1. The van der Waals surface area contributed by atoms with E-state index in [0.717, 1.165) is 35.6 Å². The number of halogens is 1. The van der Waals surface area contributed by atoms with Gasteiger partial charge in [-0.25, -0.2) is 4.39 Å². The fourth-order valence-corrected chi connectivity index (χ4v) is 3.52. The summed E-state index contributed by atoms with van der Waals surface area (Å²) in [6.07, 6.45) is 0.256. The van der Waals surface area contributed by atoms with E-state index in [1.165, 1.54) is 12.1 Å². The molecule has 0 radical (unpaired) electrons. The van der Waals surface area contributed by atoms with E-state index in [9.17, 15) is 9.18 Å². The number of morpholine rings is 1. The number of benzene rings is 1. The Morgan fingerprint density at radius 1 is 1.33 bits per heavy atom. The van der Waals surface area contributed by atoms with E-state index < -0.39 is 0 Å². The summed E-state index contributed by atoms with van der Waals surface area (Å²) in [6, 6.07) is 8.21. The average Bonchev–Trinajstić information content (AvgIpc) is 2.93. The molecule has 0 saturated carbocycles. The first kappa shape index (κ1) is 19.6. The third-order valence-corrected chi connectivity index (χ3v) is 5.01. The maximum atomic E-state index is 13.1. The van der Waals surface area contributed by atoms with Gasteiger partial charge in [-0.05, 0) is 50.2 Å². The monoisotopic (exact) mass is 373 g/mol. The molecule has 1 saturated heterocycles.